The summed E-state index contributed by atoms with van der Waals surface area (Å²) in [6, 6.07) is 1.69. The first-order valence-corrected chi connectivity index (χ1v) is 7.86. The number of carbonyl (C=O) groups excluding carboxylic acids is 2. The van der Waals surface area contributed by atoms with Gasteiger partial charge in [0.05, 0.1) is 6.61 Å². The van der Waals surface area contributed by atoms with Gasteiger partial charge in [0.1, 0.15) is 11.6 Å². The van der Waals surface area contributed by atoms with Gasteiger partial charge in [-0.1, -0.05) is 0 Å². The lowest BCUT2D eigenvalue weighted by atomic mass is 9.99. The van der Waals surface area contributed by atoms with Crippen LogP contribution in [0.5, 0.6) is 0 Å². The molecule has 0 fully saturated rings. The molecule has 0 bridgehead atoms. The SMILES string of the molecule is COCC(C)NC(=O)COC(=O)CCc1c(C)[nH]c(=O)c(C#N)c1C. The van der Waals surface area contributed by atoms with Crippen molar-refractivity contribution in [2.24, 2.45) is 0 Å². The molecule has 1 rings (SSSR count). The lowest BCUT2D eigenvalue weighted by Gasteiger charge is -2.13. The van der Waals surface area contributed by atoms with Crippen LogP contribution in [0, 0.1) is 25.2 Å². The highest BCUT2D eigenvalue weighted by molar-refractivity contribution is 5.80. The smallest absolute Gasteiger partial charge is 0.306 e. The average Bonchev–Trinajstić information content (AvgIpc) is 2.53. The van der Waals surface area contributed by atoms with Crippen LogP contribution in [-0.2, 0) is 25.5 Å². The standard InChI is InChI=1S/C17H23N3O5/c1-10(8-24-4)19-15(21)9-25-16(22)6-5-13-11(2)14(7-18)17(23)20-12(13)3/h10H,5-6,8-9H2,1-4H3,(H,19,21)(H,20,23). The number of carbonyl (C=O) groups is 2. The van der Waals surface area contributed by atoms with Gasteiger partial charge in [0.2, 0.25) is 0 Å². The average molecular weight is 349 g/mol. The van der Waals surface area contributed by atoms with Gasteiger partial charge in [-0.05, 0) is 38.3 Å². The number of H-pyrrole nitrogens is 1. The zero-order chi connectivity index (χ0) is 19.0. The van der Waals surface area contributed by atoms with Gasteiger partial charge >= 0.3 is 5.97 Å². The number of nitrogens with zero attached hydrogens (tertiary/aromatic N) is 1. The predicted octanol–water partition coefficient (Wildman–Crippen LogP) is 0.490. The van der Waals surface area contributed by atoms with Crippen LogP contribution in [0.1, 0.15) is 35.7 Å². The molecule has 8 nitrogen and oxygen atoms in total. The minimum atomic E-state index is -0.530. The molecule has 0 aliphatic rings. The Morgan fingerprint density at radius 1 is 1.36 bits per heavy atom. The number of pyridine rings is 1. The van der Waals surface area contributed by atoms with Crippen molar-refractivity contribution in [1.82, 2.24) is 10.3 Å². The molecule has 0 radical (unpaired) electrons. The fraction of sp³-hybridized carbons (Fsp3) is 0.529. The molecule has 1 atom stereocenters. The van der Waals surface area contributed by atoms with E-state index in [1.165, 1.54) is 7.11 Å². The molecule has 0 spiro atoms. The third-order valence-electron chi connectivity index (χ3n) is 3.69. The van der Waals surface area contributed by atoms with Gasteiger partial charge in [-0.3, -0.25) is 14.4 Å². The van der Waals surface area contributed by atoms with E-state index in [0.717, 1.165) is 5.56 Å². The predicted molar refractivity (Wildman–Crippen MR) is 90.0 cm³/mol. The van der Waals surface area contributed by atoms with Crippen LogP contribution in [0.2, 0.25) is 0 Å². The largest absolute Gasteiger partial charge is 0.456 e. The lowest BCUT2D eigenvalue weighted by Crippen LogP contribution is -2.38. The number of nitrogens with one attached hydrogen (secondary N) is 2. The normalized spacial score (nSPS) is 11.5. The Bertz CT molecular complexity index is 733. The maximum atomic E-state index is 11.8. The van der Waals surface area contributed by atoms with E-state index in [0.29, 0.717) is 24.3 Å². The number of ether oxygens (including phenoxy) is 2. The summed E-state index contributed by atoms with van der Waals surface area (Å²) in [5, 5.41) is 11.7. The second-order valence-electron chi connectivity index (χ2n) is 5.75. The number of methoxy groups -OCH3 is 1. The third-order valence-corrected chi connectivity index (χ3v) is 3.69. The number of nitriles is 1. The second-order valence-corrected chi connectivity index (χ2v) is 5.75. The number of hydrogen-bond donors (Lipinski definition) is 2. The summed E-state index contributed by atoms with van der Waals surface area (Å²) in [4.78, 5) is 37.7. The van der Waals surface area contributed by atoms with E-state index in [4.69, 9.17) is 14.7 Å². The first-order valence-electron chi connectivity index (χ1n) is 7.86. The second kappa shape index (κ2) is 9.59. The molecule has 1 aromatic rings. The van der Waals surface area contributed by atoms with Gasteiger partial charge in [-0.2, -0.15) is 5.26 Å². The Hall–Kier alpha value is -2.66. The van der Waals surface area contributed by atoms with Gasteiger partial charge in [0, 0.05) is 25.3 Å². The highest BCUT2D eigenvalue weighted by Gasteiger charge is 2.15. The van der Waals surface area contributed by atoms with Gasteiger partial charge in [0.15, 0.2) is 6.61 Å². The molecule has 0 saturated heterocycles. The minimum absolute atomic E-state index is 0.0412. The highest BCUT2D eigenvalue weighted by Crippen LogP contribution is 2.15. The maximum Gasteiger partial charge on any atom is 0.306 e. The maximum absolute atomic E-state index is 11.8. The summed E-state index contributed by atoms with van der Waals surface area (Å²) in [5.74, 6) is -0.931. The fourth-order valence-corrected chi connectivity index (χ4v) is 2.47. The molecule has 0 aliphatic heterocycles. The minimum Gasteiger partial charge on any atom is -0.456 e. The Morgan fingerprint density at radius 2 is 2.04 bits per heavy atom. The number of hydrogen-bond acceptors (Lipinski definition) is 6. The van der Waals surface area contributed by atoms with Crippen LogP contribution in [-0.4, -0.2) is 43.2 Å². The molecule has 0 saturated carbocycles. The van der Waals surface area contributed by atoms with Crippen LogP contribution in [0.15, 0.2) is 4.79 Å². The lowest BCUT2D eigenvalue weighted by molar-refractivity contribution is -0.148. The van der Waals surface area contributed by atoms with Gasteiger partial charge < -0.3 is 19.8 Å². The quantitative estimate of drug-likeness (QED) is 0.659. The van der Waals surface area contributed by atoms with Crippen LogP contribution >= 0.6 is 0 Å². The Kier molecular flexibility index (Phi) is 7.82. The van der Waals surface area contributed by atoms with E-state index >= 15 is 0 Å². The number of esters is 1. The van der Waals surface area contributed by atoms with E-state index in [1.807, 2.05) is 6.07 Å². The van der Waals surface area contributed by atoms with E-state index in [-0.39, 0.29) is 24.6 Å². The number of rotatable bonds is 8. The number of aromatic nitrogens is 1. The van der Waals surface area contributed by atoms with E-state index in [9.17, 15) is 14.4 Å². The third kappa shape index (κ3) is 6.04. The van der Waals surface area contributed by atoms with Crippen molar-refractivity contribution in [1.29, 1.82) is 5.26 Å². The van der Waals surface area contributed by atoms with Crippen LogP contribution < -0.4 is 10.9 Å². The molecular weight excluding hydrogens is 326 g/mol. The van der Waals surface area contributed by atoms with E-state index < -0.39 is 17.4 Å². The number of aromatic amines is 1. The van der Waals surface area contributed by atoms with Crippen molar-refractivity contribution < 1.29 is 19.1 Å². The Labute approximate surface area is 146 Å². The summed E-state index contributed by atoms with van der Waals surface area (Å²) in [6.07, 6.45) is 0.350. The zero-order valence-electron chi connectivity index (χ0n) is 14.9. The molecule has 1 amide bonds. The molecule has 8 heteroatoms. The van der Waals surface area contributed by atoms with Crippen molar-refractivity contribution in [2.45, 2.75) is 39.7 Å². The number of aryl methyl sites for hydroxylation is 1. The van der Waals surface area contributed by atoms with Crippen LogP contribution in [0.25, 0.3) is 0 Å². The molecular formula is C17H23N3O5. The molecule has 136 valence electrons. The highest BCUT2D eigenvalue weighted by atomic mass is 16.5. The first kappa shape index (κ1) is 20.4. The molecule has 0 aromatic carbocycles. The molecule has 25 heavy (non-hydrogen) atoms. The van der Waals surface area contributed by atoms with Crippen molar-refractivity contribution in [3.8, 4) is 6.07 Å². The van der Waals surface area contributed by atoms with Gasteiger partial charge in [-0.15, -0.1) is 0 Å². The summed E-state index contributed by atoms with van der Waals surface area (Å²) in [5.41, 5.74) is 1.50. The number of amides is 1. The Morgan fingerprint density at radius 3 is 2.64 bits per heavy atom. The summed E-state index contributed by atoms with van der Waals surface area (Å²) >= 11 is 0. The molecule has 0 aliphatic carbocycles. The van der Waals surface area contributed by atoms with Crippen molar-refractivity contribution in [2.75, 3.05) is 20.3 Å². The monoisotopic (exact) mass is 349 g/mol. The van der Waals surface area contributed by atoms with Crippen LogP contribution in [0.4, 0.5) is 0 Å². The first-order chi connectivity index (χ1) is 11.8. The summed E-state index contributed by atoms with van der Waals surface area (Å²) in [6.45, 7) is 5.16. The van der Waals surface area contributed by atoms with Crippen molar-refractivity contribution in [3.05, 3.63) is 32.7 Å². The zero-order valence-corrected chi connectivity index (χ0v) is 14.9. The van der Waals surface area contributed by atoms with Crippen molar-refractivity contribution >= 4 is 11.9 Å². The summed E-state index contributed by atoms with van der Waals surface area (Å²) in [7, 11) is 1.53. The fourth-order valence-electron chi connectivity index (χ4n) is 2.47. The topological polar surface area (TPSA) is 121 Å². The van der Waals surface area contributed by atoms with Crippen LogP contribution in [0.3, 0.4) is 0 Å². The van der Waals surface area contributed by atoms with Crippen molar-refractivity contribution in [3.63, 3.8) is 0 Å². The Balaban J connectivity index is 2.57. The van der Waals surface area contributed by atoms with Gasteiger partial charge in [0.25, 0.3) is 11.5 Å². The molecule has 1 heterocycles. The van der Waals surface area contributed by atoms with E-state index in [1.54, 1.807) is 20.8 Å². The van der Waals surface area contributed by atoms with Gasteiger partial charge in [-0.25, -0.2) is 0 Å². The molecule has 1 aromatic heterocycles. The van der Waals surface area contributed by atoms with E-state index in [2.05, 4.69) is 10.3 Å². The summed E-state index contributed by atoms with van der Waals surface area (Å²) < 4.78 is 9.83. The molecule has 2 N–H and O–H groups in total. The molecule has 1 unspecified atom stereocenters.